The molecule has 21 heavy (non-hydrogen) atoms. The summed E-state index contributed by atoms with van der Waals surface area (Å²) in [4.78, 5) is 11.5. The summed E-state index contributed by atoms with van der Waals surface area (Å²) >= 11 is 0. The van der Waals surface area contributed by atoms with Crippen LogP contribution in [0.1, 0.15) is 31.7 Å². The summed E-state index contributed by atoms with van der Waals surface area (Å²) in [6, 6.07) is 6.31. The molecule has 4 heteroatoms. The van der Waals surface area contributed by atoms with Crippen LogP contribution in [0.15, 0.2) is 24.3 Å². The molecule has 2 N–H and O–H groups in total. The SMILES string of the molecule is CC#CC(=O)NC[C@@]1(Cc2ccc(F)cc2)CCC[C@H]1O. The van der Waals surface area contributed by atoms with Crippen LogP contribution < -0.4 is 5.32 Å². The second kappa shape index (κ2) is 6.73. The molecule has 0 saturated heterocycles. The molecular weight excluding hydrogens is 269 g/mol. The fourth-order valence-corrected chi connectivity index (χ4v) is 3.02. The Balaban J connectivity index is 2.11. The largest absolute Gasteiger partial charge is 0.392 e. The van der Waals surface area contributed by atoms with Crippen molar-refractivity contribution in [3.05, 3.63) is 35.6 Å². The first-order valence-electron chi connectivity index (χ1n) is 7.19. The fraction of sp³-hybridized carbons (Fsp3) is 0.471. The van der Waals surface area contributed by atoms with E-state index in [1.807, 2.05) is 0 Å². The number of amides is 1. The first kappa shape index (κ1) is 15.5. The third kappa shape index (κ3) is 3.83. The van der Waals surface area contributed by atoms with E-state index in [2.05, 4.69) is 17.2 Å². The van der Waals surface area contributed by atoms with Gasteiger partial charge in [0, 0.05) is 12.0 Å². The van der Waals surface area contributed by atoms with Gasteiger partial charge in [0.15, 0.2) is 0 Å². The van der Waals surface area contributed by atoms with E-state index in [1.54, 1.807) is 19.1 Å². The van der Waals surface area contributed by atoms with Crippen LogP contribution in [-0.2, 0) is 11.2 Å². The Kier molecular flexibility index (Phi) is 4.98. The van der Waals surface area contributed by atoms with Gasteiger partial charge in [-0.15, -0.1) is 0 Å². The fourth-order valence-electron chi connectivity index (χ4n) is 3.02. The van der Waals surface area contributed by atoms with Gasteiger partial charge in [-0.3, -0.25) is 4.79 Å². The van der Waals surface area contributed by atoms with E-state index in [0.717, 1.165) is 24.8 Å². The van der Waals surface area contributed by atoms with Gasteiger partial charge in [0.05, 0.1) is 6.10 Å². The van der Waals surface area contributed by atoms with Crippen molar-refractivity contribution in [1.29, 1.82) is 0 Å². The van der Waals surface area contributed by atoms with Crippen LogP contribution in [0.4, 0.5) is 4.39 Å². The van der Waals surface area contributed by atoms with Gasteiger partial charge in [0.1, 0.15) is 5.82 Å². The smallest absolute Gasteiger partial charge is 0.295 e. The highest BCUT2D eigenvalue weighted by Crippen LogP contribution is 2.40. The molecule has 0 spiro atoms. The van der Waals surface area contributed by atoms with Crippen LogP contribution in [0.25, 0.3) is 0 Å². The zero-order valence-corrected chi connectivity index (χ0v) is 12.2. The number of hydrogen-bond donors (Lipinski definition) is 2. The highest BCUT2D eigenvalue weighted by molar-refractivity contribution is 5.93. The molecule has 112 valence electrons. The first-order chi connectivity index (χ1) is 10.1. The van der Waals surface area contributed by atoms with Crippen LogP contribution in [0.3, 0.4) is 0 Å². The summed E-state index contributed by atoms with van der Waals surface area (Å²) in [5.41, 5.74) is 0.580. The summed E-state index contributed by atoms with van der Waals surface area (Å²) in [5, 5.41) is 13.1. The molecule has 3 nitrogen and oxygen atoms in total. The predicted molar refractivity (Wildman–Crippen MR) is 78.9 cm³/mol. The summed E-state index contributed by atoms with van der Waals surface area (Å²) < 4.78 is 13.0. The molecule has 0 radical (unpaired) electrons. The lowest BCUT2D eigenvalue weighted by Crippen LogP contribution is -2.43. The number of aliphatic hydroxyl groups is 1. The lowest BCUT2D eigenvalue weighted by atomic mass is 9.78. The zero-order chi connectivity index (χ0) is 15.3. The van der Waals surface area contributed by atoms with Crippen molar-refractivity contribution in [2.45, 2.75) is 38.7 Å². The maximum Gasteiger partial charge on any atom is 0.295 e. The minimum atomic E-state index is -0.461. The molecule has 0 bridgehead atoms. The Labute approximate surface area is 124 Å². The number of carbonyl (C=O) groups excluding carboxylic acids is 1. The van der Waals surface area contributed by atoms with Gasteiger partial charge in [-0.1, -0.05) is 24.5 Å². The third-order valence-corrected chi connectivity index (χ3v) is 4.17. The summed E-state index contributed by atoms with van der Waals surface area (Å²) in [6.07, 6.45) is 2.66. The molecule has 0 aromatic heterocycles. The zero-order valence-electron chi connectivity index (χ0n) is 12.2. The predicted octanol–water partition coefficient (Wildman–Crippen LogP) is 2.04. The highest BCUT2D eigenvalue weighted by Gasteiger charge is 2.42. The van der Waals surface area contributed by atoms with Crippen molar-refractivity contribution in [3.8, 4) is 11.8 Å². The van der Waals surface area contributed by atoms with E-state index in [9.17, 15) is 14.3 Å². The van der Waals surface area contributed by atoms with E-state index in [4.69, 9.17) is 0 Å². The Bertz CT molecular complexity index is 558. The van der Waals surface area contributed by atoms with Gasteiger partial charge >= 0.3 is 0 Å². The van der Waals surface area contributed by atoms with E-state index >= 15 is 0 Å². The second-order valence-electron chi connectivity index (χ2n) is 5.63. The van der Waals surface area contributed by atoms with Crippen molar-refractivity contribution in [1.82, 2.24) is 5.32 Å². The Hall–Kier alpha value is -1.86. The van der Waals surface area contributed by atoms with Crippen LogP contribution in [0, 0.1) is 23.1 Å². The van der Waals surface area contributed by atoms with Gasteiger partial charge < -0.3 is 10.4 Å². The molecule has 1 saturated carbocycles. The summed E-state index contributed by atoms with van der Waals surface area (Å²) in [5.74, 6) is 4.40. The number of halogens is 1. The van der Waals surface area contributed by atoms with Gasteiger partial charge in [-0.2, -0.15) is 0 Å². The molecular formula is C17H20FNO2. The monoisotopic (exact) mass is 289 g/mol. The molecule has 1 aromatic rings. The maximum atomic E-state index is 13.0. The molecule has 0 unspecified atom stereocenters. The molecule has 1 fully saturated rings. The third-order valence-electron chi connectivity index (χ3n) is 4.17. The standard InChI is InChI=1S/C17H20FNO2/c1-2-4-16(21)19-12-17(10-3-5-15(17)20)11-13-6-8-14(18)9-7-13/h6-9,15,20H,3,5,10-12H2,1H3,(H,19,21)/t15-,17+/m1/s1. The maximum absolute atomic E-state index is 13.0. The van der Waals surface area contributed by atoms with Crippen LogP contribution >= 0.6 is 0 Å². The number of hydrogen-bond acceptors (Lipinski definition) is 2. The molecule has 2 atom stereocenters. The van der Waals surface area contributed by atoms with Crippen molar-refractivity contribution in [2.24, 2.45) is 5.41 Å². The molecule has 0 heterocycles. The molecule has 2 rings (SSSR count). The van der Waals surface area contributed by atoms with E-state index in [-0.39, 0.29) is 17.1 Å². The number of nitrogens with one attached hydrogen (secondary N) is 1. The minimum absolute atomic E-state index is 0.272. The van der Waals surface area contributed by atoms with Gasteiger partial charge in [0.2, 0.25) is 0 Å². The molecule has 1 aliphatic rings. The van der Waals surface area contributed by atoms with Gasteiger partial charge in [-0.25, -0.2) is 4.39 Å². The van der Waals surface area contributed by atoms with Crippen LogP contribution in [0.2, 0.25) is 0 Å². The number of benzene rings is 1. The van der Waals surface area contributed by atoms with E-state index < -0.39 is 6.10 Å². The van der Waals surface area contributed by atoms with Crippen LogP contribution in [-0.4, -0.2) is 23.7 Å². The second-order valence-corrected chi connectivity index (χ2v) is 5.63. The van der Waals surface area contributed by atoms with Crippen molar-refractivity contribution in [3.63, 3.8) is 0 Å². The van der Waals surface area contributed by atoms with Gasteiger partial charge in [0.25, 0.3) is 5.91 Å². The molecule has 1 aromatic carbocycles. The quantitative estimate of drug-likeness (QED) is 0.833. The number of carbonyl (C=O) groups is 1. The molecule has 0 aliphatic heterocycles. The van der Waals surface area contributed by atoms with E-state index in [0.29, 0.717) is 13.0 Å². The summed E-state index contributed by atoms with van der Waals surface area (Å²) in [7, 11) is 0. The Morgan fingerprint density at radius 3 is 2.76 bits per heavy atom. The first-order valence-corrected chi connectivity index (χ1v) is 7.19. The van der Waals surface area contributed by atoms with Crippen LogP contribution in [0.5, 0.6) is 0 Å². The van der Waals surface area contributed by atoms with E-state index in [1.165, 1.54) is 12.1 Å². The van der Waals surface area contributed by atoms with Crippen molar-refractivity contribution in [2.75, 3.05) is 6.54 Å². The number of aliphatic hydroxyl groups excluding tert-OH is 1. The Morgan fingerprint density at radius 2 is 2.19 bits per heavy atom. The van der Waals surface area contributed by atoms with Crippen molar-refractivity contribution < 1.29 is 14.3 Å². The van der Waals surface area contributed by atoms with Gasteiger partial charge in [-0.05, 0) is 49.8 Å². The lowest BCUT2D eigenvalue weighted by Gasteiger charge is -2.33. The highest BCUT2D eigenvalue weighted by atomic mass is 19.1. The topological polar surface area (TPSA) is 49.3 Å². The molecule has 1 aliphatic carbocycles. The van der Waals surface area contributed by atoms with Crippen molar-refractivity contribution >= 4 is 5.91 Å². The summed E-state index contributed by atoms with van der Waals surface area (Å²) in [6.45, 7) is 2.00. The molecule has 1 amide bonds. The number of rotatable bonds is 4. The average molecular weight is 289 g/mol. The Morgan fingerprint density at radius 1 is 1.48 bits per heavy atom. The minimum Gasteiger partial charge on any atom is -0.392 e. The normalized spacial score (nSPS) is 24.2. The average Bonchev–Trinajstić information content (AvgIpc) is 2.81. The lowest BCUT2D eigenvalue weighted by molar-refractivity contribution is -0.116.